The lowest BCUT2D eigenvalue weighted by Crippen LogP contribution is -2.12. The highest BCUT2D eigenvalue weighted by molar-refractivity contribution is 5.30. The molecule has 0 atom stereocenters. The lowest BCUT2D eigenvalue weighted by molar-refractivity contribution is 0.275. The van der Waals surface area contributed by atoms with Gasteiger partial charge in [-0.25, -0.2) is 4.98 Å². The van der Waals surface area contributed by atoms with Crippen LogP contribution in [0.25, 0.3) is 0 Å². The zero-order valence-electron chi connectivity index (χ0n) is 7.66. The minimum atomic E-state index is 0.132. The number of aryl methyl sites for hydroxylation is 1. The van der Waals surface area contributed by atoms with Crippen LogP contribution in [0, 0.1) is 0 Å². The number of rotatable bonds is 2. The highest BCUT2D eigenvalue weighted by Gasteiger charge is 2.17. The Hall–Kier alpha value is -1.03. The first-order valence-electron chi connectivity index (χ1n) is 4.77. The second-order valence-corrected chi connectivity index (χ2v) is 3.45. The zero-order chi connectivity index (χ0) is 9.26. The molecule has 0 aliphatic heterocycles. The molecule has 4 nitrogen and oxygen atoms in total. The van der Waals surface area contributed by atoms with Crippen molar-refractivity contribution in [1.82, 2.24) is 9.55 Å². The number of nitrogen functional groups attached to an aromatic ring is 1. The zero-order valence-corrected chi connectivity index (χ0v) is 7.66. The van der Waals surface area contributed by atoms with Crippen molar-refractivity contribution in [1.29, 1.82) is 0 Å². The number of hydrogen-bond acceptors (Lipinski definition) is 3. The van der Waals surface area contributed by atoms with Gasteiger partial charge < -0.3 is 15.4 Å². The number of anilines is 1. The number of aliphatic hydroxyl groups excluding tert-OH is 1. The third-order valence-electron chi connectivity index (χ3n) is 2.59. The maximum Gasteiger partial charge on any atom is 0.200 e. The summed E-state index contributed by atoms with van der Waals surface area (Å²) >= 11 is 0. The van der Waals surface area contributed by atoms with E-state index in [2.05, 4.69) is 4.98 Å². The van der Waals surface area contributed by atoms with Crippen LogP contribution in [0.15, 0.2) is 0 Å². The largest absolute Gasteiger partial charge is 0.395 e. The number of aliphatic hydroxyl groups is 1. The molecular formula is C9H15N3O. The van der Waals surface area contributed by atoms with Gasteiger partial charge in [0, 0.05) is 12.2 Å². The van der Waals surface area contributed by atoms with E-state index in [0.29, 0.717) is 12.5 Å². The van der Waals surface area contributed by atoms with Crippen LogP contribution in [0.1, 0.15) is 24.2 Å². The maximum absolute atomic E-state index is 8.86. The molecule has 13 heavy (non-hydrogen) atoms. The Morgan fingerprint density at radius 3 is 2.92 bits per heavy atom. The Balaban J connectivity index is 2.36. The summed E-state index contributed by atoms with van der Waals surface area (Å²) in [7, 11) is 0. The van der Waals surface area contributed by atoms with Gasteiger partial charge in [0.15, 0.2) is 0 Å². The first-order chi connectivity index (χ1) is 6.33. The molecule has 1 aromatic heterocycles. The van der Waals surface area contributed by atoms with Crippen LogP contribution in [-0.2, 0) is 19.4 Å². The summed E-state index contributed by atoms with van der Waals surface area (Å²) in [5.41, 5.74) is 8.12. The van der Waals surface area contributed by atoms with Gasteiger partial charge in [0.25, 0.3) is 0 Å². The van der Waals surface area contributed by atoms with E-state index in [9.17, 15) is 0 Å². The van der Waals surface area contributed by atoms with Crippen LogP contribution < -0.4 is 5.73 Å². The summed E-state index contributed by atoms with van der Waals surface area (Å²) in [4.78, 5) is 4.30. The molecule has 1 aromatic rings. The first kappa shape index (κ1) is 8.56. The minimum absolute atomic E-state index is 0.132. The van der Waals surface area contributed by atoms with Crippen molar-refractivity contribution in [3.8, 4) is 0 Å². The van der Waals surface area contributed by atoms with Gasteiger partial charge in [-0.05, 0) is 25.7 Å². The molecule has 0 fully saturated rings. The number of nitrogens with two attached hydrogens (primary N) is 1. The number of hydrogen-bond donors (Lipinski definition) is 2. The molecule has 3 N–H and O–H groups in total. The van der Waals surface area contributed by atoms with Crippen molar-refractivity contribution in [2.75, 3.05) is 12.3 Å². The van der Waals surface area contributed by atoms with Gasteiger partial charge in [0.1, 0.15) is 0 Å². The standard InChI is InChI=1S/C9H15N3O/c10-9-11-7-3-1-2-4-8(7)12(9)5-6-13/h13H,1-6H2,(H2,10,11). The fraction of sp³-hybridized carbons (Fsp3) is 0.667. The van der Waals surface area contributed by atoms with Crippen molar-refractivity contribution in [2.45, 2.75) is 32.2 Å². The average Bonchev–Trinajstić information content (AvgIpc) is 2.44. The van der Waals surface area contributed by atoms with Gasteiger partial charge in [0.2, 0.25) is 5.95 Å². The minimum Gasteiger partial charge on any atom is -0.395 e. The molecule has 0 saturated heterocycles. The summed E-state index contributed by atoms with van der Waals surface area (Å²) in [6.45, 7) is 0.709. The smallest absolute Gasteiger partial charge is 0.200 e. The molecular weight excluding hydrogens is 166 g/mol. The van der Waals surface area contributed by atoms with Crippen LogP contribution in [0.4, 0.5) is 5.95 Å². The van der Waals surface area contributed by atoms with Crippen molar-refractivity contribution >= 4 is 5.95 Å². The Labute approximate surface area is 77.4 Å². The van der Waals surface area contributed by atoms with E-state index in [4.69, 9.17) is 10.8 Å². The predicted octanol–water partition coefficient (Wildman–Crippen LogP) is 0.336. The van der Waals surface area contributed by atoms with Crippen LogP contribution in [0.2, 0.25) is 0 Å². The highest BCUT2D eigenvalue weighted by Crippen LogP contribution is 2.22. The number of fused-ring (bicyclic) bond motifs is 1. The van der Waals surface area contributed by atoms with Gasteiger partial charge in [-0.15, -0.1) is 0 Å². The summed E-state index contributed by atoms with van der Waals surface area (Å²) in [5, 5.41) is 8.86. The van der Waals surface area contributed by atoms with E-state index in [-0.39, 0.29) is 6.61 Å². The molecule has 0 amide bonds. The van der Waals surface area contributed by atoms with Gasteiger partial charge in [0.05, 0.1) is 12.3 Å². The van der Waals surface area contributed by atoms with Crippen LogP contribution in [0.3, 0.4) is 0 Å². The molecule has 0 unspecified atom stereocenters. The molecule has 1 heterocycles. The molecule has 72 valence electrons. The molecule has 0 saturated carbocycles. The number of nitrogens with zero attached hydrogens (tertiary/aromatic N) is 2. The molecule has 0 spiro atoms. The van der Waals surface area contributed by atoms with Gasteiger partial charge >= 0.3 is 0 Å². The van der Waals surface area contributed by atoms with E-state index in [1.54, 1.807) is 0 Å². The monoisotopic (exact) mass is 181 g/mol. The quantitative estimate of drug-likeness (QED) is 0.691. The SMILES string of the molecule is Nc1nc2c(n1CCO)CCCC2. The van der Waals surface area contributed by atoms with E-state index in [1.807, 2.05) is 4.57 Å². The fourth-order valence-electron chi connectivity index (χ4n) is 1.97. The first-order valence-corrected chi connectivity index (χ1v) is 4.77. The lowest BCUT2D eigenvalue weighted by atomic mass is 10.0. The fourth-order valence-corrected chi connectivity index (χ4v) is 1.97. The highest BCUT2D eigenvalue weighted by atomic mass is 16.3. The van der Waals surface area contributed by atoms with Crippen molar-refractivity contribution in [3.63, 3.8) is 0 Å². The van der Waals surface area contributed by atoms with Crippen LogP contribution in [0.5, 0.6) is 0 Å². The van der Waals surface area contributed by atoms with Gasteiger partial charge in [-0.1, -0.05) is 0 Å². The van der Waals surface area contributed by atoms with Gasteiger partial charge in [-0.2, -0.15) is 0 Å². The molecule has 4 heteroatoms. The van der Waals surface area contributed by atoms with Crippen molar-refractivity contribution < 1.29 is 5.11 Å². The maximum atomic E-state index is 8.86. The second-order valence-electron chi connectivity index (χ2n) is 3.45. The predicted molar refractivity (Wildman–Crippen MR) is 50.4 cm³/mol. The molecule has 0 aromatic carbocycles. The Bertz CT molecular complexity index is 306. The summed E-state index contributed by atoms with van der Waals surface area (Å²) in [5.74, 6) is 0.556. The van der Waals surface area contributed by atoms with Gasteiger partial charge in [-0.3, -0.25) is 0 Å². The molecule has 0 bridgehead atoms. The van der Waals surface area contributed by atoms with E-state index in [0.717, 1.165) is 18.5 Å². The summed E-state index contributed by atoms with van der Waals surface area (Å²) in [6, 6.07) is 0. The summed E-state index contributed by atoms with van der Waals surface area (Å²) in [6.07, 6.45) is 4.52. The van der Waals surface area contributed by atoms with Crippen molar-refractivity contribution in [3.05, 3.63) is 11.4 Å². The molecule has 0 radical (unpaired) electrons. The average molecular weight is 181 g/mol. The van der Waals surface area contributed by atoms with E-state index in [1.165, 1.54) is 18.5 Å². The second kappa shape index (κ2) is 3.38. The number of aromatic nitrogens is 2. The summed E-state index contributed by atoms with van der Waals surface area (Å²) < 4.78 is 1.94. The lowest BCUT2D eigenvalue weighted by Gasteiger charge is -2.13. The Morgan fingerprint density at radius 1 is 1.38 bits per heavy atom. The van der Waals surface area contributed by atoms with E-state index >= 15 is 0 Å². The normalized spacial score (nSPS) is 15.8. The topological polar surface area (TPSA) is 64.1 Å². The van der Waals surface area contributed by atoms with E-state index < -0.39 is 0 Å². The van der Waals surface area contributed by atoms with Crippen molar-refractivity contribution in [2.24, 2.45) is 0 Å². The Morgan fingerprint density at radius 2 is 2.15 bits per heavy atom. The number of imidazole rings is 1. The van der Waals surface area contributed by atoms with Crippen LogP contribution >= 0.6 is 0 Å². The Kier molecular flexibility index (Phi) is 2.22. The molecule has 2 rings (SSSR count). The third-order valence-corrected chi connectivity index (χ3v) is 2.59. The third kappa shape index (κ3) is 1.42. The molecule has 1 aliphatic rings. The molecule has 1 aliphatic carbocycles. The van der Waals surface area contributed by atoms with Crippen LogP contribution in [-0.4, -0.2) is 21.3 Å².